The van der Waals surface area contributed by atoms with Gasteiger partial charge in [-0.1, -0.05) is 35.3 Å². The van der Waals surface area contributed by atoms with Gasteiger partial charge in [0, 0.05) is 33.7 Å². The number of rotatable bonds is 6. The van der Waals surface area contributed by atoms with Gasteiger partial charge in [0.1, 0.15) is 0 Å². The summed E-state index contributed by atoms with van der Waals surface area (Å²) in [5.41, 5.74) is 2.71. The molecule has 0 aliphatic carbocycles. The lowest BCUT2D eigenvalue weighted by molar-refractivity contribution is 0.581. The molecular weight excluding hydrogens is 367 g/mol. The van der Waals surface area contributed by atoms with E-state index in [0.29, 0.717) is 28.6 Å². The molecule has 4 nitrogen and oxygen atoms in total. The van der Waals surface area contributed by atoms with Crippen LogP contribution in [0.2, 0.25) is 10.0 Å². The van der Waals surface area contributed by atoms with Crippen molar-refractivity contribution in [3.05, 3.63) is 69.8 Å². The van der Waals surface area contributed by atoms with E-state index in [1.165, 1.54) is 0 Å². The molecule has 0 bridgehead atoms. The highest BCUT2D eigenvalue weighted by Crippen LogP contribution is 2.22. The summed E-state index contributed by atoms with van der Waals surface area (Å²) in [6.07, 6.45) is 2.47. The summed E-state index contributed by atoms with van der Waals surface area (Å²) in [5.74, 6) is -0.0656. The fourth-order valence-corrected chi connectivity index (χ4v) is 3.99. The molecule has 2 aromatic carbocycles. The maximum absolute atomic E-state index is 12.2. The SMILES string of the molecule is O=S(=O)(Cc1ccc(Cl)cc1)NCCc1c[nH]c2ccc(Cl)cc12. The van der Waals surface area contributed by atoms with Crippen molar-refractivity contribution >= 4 is 44.1 Å². The lowest BCUT2D eigenvalue weighted by Crippen LogP contribution is -2.27. The summed E-state index contributed by atoms with van der Waals surface area (Å²) in [4.78, 5) is 3.16. The van der Waals surface area contributed by atoms with Crippen LogP contribution in [-0.4, -0.2) is 19.9 Å². The minimum atomic E-state index is -3.39. The van der Waals surface area contributed by atoms with E-state index in [-0.39, 0.29) is 5.75 Å². The van der Waals surface area contributed by atoms with Crippen molar-refractivity contribution in [1.29, 1.82) is 0 Å². The summed E-state index contributed by atoms with van der Waals surface area (Å²) >= 11 is 11.8. The van der Waals surface area contributed by atoms with Crippen molar-refractivity contribution in [2.75, 3.05) is 6.54 Å². The number of benzene rings is 2. The Morgan fingerprint density at radius 1 is 1.00 bits per heavy atom. The number of sulfonamides is 1. The molecule has 1 heterocycles. The number of H-pyrrole nitrogens is 1. The highest BCUT2D eigenvalue weighted by molar-refractivity contribution is 7.88. The number of hydrogen-bond donors (Lipinski definition) is 2. The van der Waals surface area contributed by atoms with Gasteiger partial charge in [0.15, 0.2) is 0 Å². The maximum Gasteiger partial charge on any atom is 0.215 e. The molecule has 3 rings (SSSR count). The van der Waals surface area contributed by atoms with Gasteiger partial charge in [-0.15, -0.1) is 0 Å². The molecule has 3 aromatic rings. The Morgan fingerprint density at radius 2 is 1.71 bits per heavy atom. The molecule has 0 unspecified atom stereocenters. The summed E-state index contributed by atoms with van der Waals surface area (Å²) < 4.78 is 26.9. The normalized spacial score (nSPS) is 11.9. The van der Waals surface area contributed by atoms with Crippen molar-refractivity contribution < 1.29 is 8.42 Å². The highest BCUT2D eigenvalue weighted by Gasteiger charge is 2.12. The Hall–Kier alpha value is -1.53. The Balaban J connectivity index is 1.62. The minimum absolute atomic E-state index is 0.0656. The third-order valence-electron chi connectivity index (χ3n) is 3.72. The Morgan fingerprint density at radius 3 is 2.46 bits per heavy atom. The second-order valence-electron chi connectivity index (χ2n) is 5.53. The van der Waals surface area contributed by atoms with Gasteiger partial charge in [-0.2, -0.15) is 0 Å². The topological polar surface area (TPSA) is 62.0 Å². The van der Waals surface area contributed by atoms with Gasteiger partial charge in [0.05, 0.1) is 5.75 Å². The summed E-state index contributed by atoms with van der Waals surface area (Å²) in [6.45, 7) is 0.329. The van der Waals surface area contributed by atoms with Gasteiger partial charge in [-0.05, 0) is 47.9 Å². The average Bonchev–Trinajstić information content (AvgIpc) is 2.92. The molecule has 126 valence electrons. The molecule has 24 heavy (non-hydrogen) atoms. The molecule has 0 atom stereocenters. The van der Waals surface area contributed by atoms with E-state index in [1.807, 2.05) is 24.4 Å². The van der Waals surface area contributed by atoms with Gasteiger partial charge in [-0.3, -0.25) is 0 Å². The molecule has 0 spiro atoms. The van der Waals surface area contributed by atoms with Crippen molar-refractivity contribution in [2.45, 2.75) is 12.2 Å². The molecule has 0 amide bonds. The fourth-order valence-electron chi connectivity index (χ4n) is 2.55. The van der Waals surface area contributed by atoms with E-state index >= 15 is 0 Å². The van der Waals surface area contributed by atoms with E-state index in [4.69, 9.17) is 23.2 Å². The lowest BCUT2D eigenvalue weighted by atomic mass is 10.1. The maximum atomic E-state index is 12.2. The van der Waals surface area contributed by atoms with Crippen LogP contribution in [-0.2, 0) is 22.2 Å². The first-order valence-corrected chi connectivity index (χ1v) is 9.81. The van der Waals surface area contributed by atoms with E-state index in [0.717, 1.165) is 16.5 Å². The zero-order valence-electron chi connectivity index (χ0n) is 12.7. The Bertz CT molecular complexity index is 950. The smallest absolute Gasteiger partial charge is 0.215 e. The van der Waals surface area contributed by atoms with Crippen molar-refractivity contribution in [3.8, 4) is 0 Å². The Labute approximate surface area is 150 Å². The number of aromatic nitrogens is 1. The zero-order valence-corrected chi connectivity index (χ0v) is 15.0. The van der Waals surface area contributed by atoms with E-state index in [9.17, 15) is 8.42 Å². The number of nitrogens with one attached hydrogen (secondary N) is 2. The number of hydrogen-bond acceptors (Lipinski definition) is 2. The molecule has 0 saturated carbocycles. The van der Waals surface area contributed by atoms with Crippen molar-refractivity contribution in [1.82, 2.24) is 9.71 Å². The standard InChI is InChI=1S/C17H16Cl2N2O2S/c18-14-3-1-12(2-4-14)11-24(22,23)21-8-7-13-10-20-17-6-5-15(19)9-16(13)17/h1-6,9-10,20-21H,7-8,11H2. The Kier molecular flexibility index (Phi) is 5.15. The molecule has 0 aliphatic heterocycles. The van der Waals surface area contributed by atoms with Gasteiger partial charge in [-0.25, -0.2) is 13.1 Å². The zero-order chi connectivity index (χ0) is 17.2. The number of aromatic amines is 1. The largest absolute Gasteiger partial charge is 0.361 e. The van der Waals surface area contributed by atoms with Gasteiger partial charge >= 0.3 is 0 Å². The summed E-state index contributed by atoms with van der Waals surface area (Å²) in [5, 5.41) is 2.26. The van der Waals surface area contributed by atoms with Crippen LogP contribution in [0.3, 0.4) is 0 Å². The third kappa shape index (κ3) is 4.30. The second kappa shape index (κ2) is 7.15. The first kappa shape index (κ1) is 17.3. The third-order valence-corrected chi connectivity index (χ3v) is 5.56. The van der Waals surface area contributed by atoms with Crippen molar-refractivity contribution in [2.24, 2.45) is 0 Å². The van der Waals surface area contributed by atoms with Crippen LogP contribution in [0.4, 0.5) is 0 Å². The first-order chi connectivity index (χ1) is 11.4. The monoisotopic (exact) mass is 382 g/mol. The molecule has 0 saturated heterocycles. The predicted octanol–water partition coefficient (Wildman–Crippen LogP) is 4.14. The van der Waals surface area contributed by atoms with Gasteiger partial charge < -0.3 is 4.98 Å². The van der Waals surface area contributed by atoms with Crippen LogP contribution in [0.1, 0.15) is 11.1 Å². The molecule has 7 heteroatoms. The van der Waals surface area contributed by atoms with Crippen molar-refractivity contribution in [3.63, 3.8) is 0 Å². The summed E-state index contributed by atoms with van der Waals surface area (Å²) in [7, 11) is -3.39. The fraction of sp³-hybridized carbons (Fsp3) is 0.176. The minimum Gasteiger partial charge on any atom is -0.361 e. The lowest BCUT2D eigenvalue weighted by Gasteiger charge is -2.07. The molecule has 0 fully saturated rings. The predicted molar refractivity (Wildman–Crippen MR) is 99.1 cm³/mol. The van der Waals surface area contributed by atoms with Gasteiger partial charge in [0.2, 0.25) is 10.0 Å². The number of halogens is 2. The van der Waals surface area contributed by atoms with Crippen LogP contribution in [0.5, 0.6) is 0 Å². The number of fused-ring (bicyclic) bond motifs is 1. The van der Waals surface area contributed by atoms with E-state index < -0.39 is 10.0 Å². The second-order valence-corrected chi connectivity index (χ2v) is 8.21. The molecule has 0 aliphatic rings. The van der Waals surface area contributed by atoms with E-state index in [2.05, 4.69) is 9.71 Å². The highest BCUT2D eigenvalue weighted by atomic mass is 35.5. The van der Waals surface area contributed by atoms with Crippen LogP contribution in [0, 0.1) is 0 Å². The van der Waals surface area contributed by atoms with Gasteiger partial charge in [0.25, 0.3) is 0 Å². The van der Waals surface area contributed by atoms with Crippen LogP contribution >= 0.6 is 23.2 Å². The van der Waals surface area contributed by atoms with Crippen LogP contribution in [0.25, 0.3) is 10.9 Å². The molecular formula is C17H16Cl2N2O2S. The molecule has 1 aromatic heterocycles. The van der Waals surface area contributed by atoms with Crippen LogP contribution in [0.15, 0.2) is 48.7 Å². The molecule has 2 N–H and O–H groups in total. The quantitative estimate of drug-likeness (QED) is 0.672. The van der Waals surface area contributed by atoms with E-state index in [1.54, 1.807) is 24.3 Å². The average molecular weight is 383 g/mol. The first-order valence-electron chi connectivity index (χ1n) is 7.40. The molecule has 0 radical (unpaired) electrons. The summed E-state index contributed by atoms with van der Waals surface area (Å²) in [6, 6.07) is 12.4. The van der Waals surface area contributed by atoms with Crippen LogP contribution < -0.4 is 4.72 Å².